The first-order valence-electron chi connectivity index (χ1n) is 10.5. The van der Waals surface area contributed by atoms with E-state index >= 15 is 0 Å². The minimum atomic E-state index is -0.391. The van der Waals surface area contributed by atoms with Crippen molar-refractivity contribution in [2.75, 3.05) is 33.3 Å². The van der Waals surface area contributed by atoms with E-state index in [1.54, 1.807) is 16.7 Å². The summed E-state index contributed by atoms with van der Waals surface area (Å²) in [6.07, 6.45) is 0.962. The summed E-state index contributed by atoms with van der Waals surface area (Å²) >= 11 is 0. The van der Waals surface area contributed by atoms with E-state index in [2.05, 4.69) is 4.90 Å². The van der Waals surface area contributed by atoms with Gasteiger partial charge >= 0.3 is 5.76 Å². The van der Waals surface area contributed by atoms with Crippen LogP contribution in [-0.2, 0) is 17.9 Å². The van der Waals surface area contributed by atoms with Crippen LogP contribution in [0.25, 0.3) is 11.1 Å². The third-order valence-electron chi connectivity index (χ3n) is 5.69. The van der Waals surface area contributed by atoms with Gasteiger partial charge in [-0.05, 0) is 36.2 Å². The molecule has 0 bridgehead atoms. The predicted octanol–water partition coefficient (Wildman–Crippen LogP) is 2.87. The van der Waals surface area contributed by atoms with Crippen LogP contribution in [0.4, 0.5) is 4.39 Å². The van der Waals surface area contributed by atoms with Crippen LogP contribution in [0.2, 0.25) is 0 Å². The number of para-hydroxylation sites is 2. The fourth-order valence-corrected chi connectivity index (χ4v) is 3.99. The average molecular weight is 427 g/mol. The molecule has 0 saturated carbocycles. The molecular formula is C23H26FN3O4. The maximum absolute atomic E-state index is 13.9. The second-order valence-corrected chi connectivity index (χ2v) is 7.72. The molecule has 164 valence electrons. The summed E-state index contributed by atoms with van der Waals surface area (Å²) in [4.78, 5) is 28.7. The third kappa shape index (κ3) is 4.80. The minimum Gasteiger partial charge on any atom is -0.494 e. The van der Waals surface area contributed by atoms with Gasteiger partial charge in [-0.3, -0.25) is 14.3 Å². The molecule has 1 aliphatic heterocycles. The molecule has 0 unspecified atom stereocenters. The zero-order valence-electron chi connectivity index (χ0n) is 17.6. The van der Waals surface area contributed by atoms with E-state index in [0.29, 0.717) is 44.6 Å². The highest BCUT2D eigenvalue weighted by atomic mass is 19.1. The van der Waals surface area contributed by atoms with Crippen molar-refractivity contribution in [3.8, 4) is 5.75 Å². The molecule has 8 heteroatoms. The largest absolute Gasteiger partial charge is 0.494 e. The number of amides is 1. The fraction of sp³-hybridized carbons (Fsp3) is 0.391. The number of carbonyl (C=O) groups excluding carboxylic acids is 1. The van der Waals surface area contributed by atoms with Crippen molar-refractivity contribution in [3.63, 3.8) is 0 Å². The lowest BCUT2D eigenvalue weighted by Gasteiger charge is -2.35. The highest BCUT2D eigenvalue weighted by Gasteiger charge is 2.21. The molecule has 0 radical (unpaired) electrons. The molecule has 1 aromatic heterocycles. The van der Waals surface area contributed by atoms with Crippen LogP contribution in [0.1, 0.15) is 18.4 Å². The number of benzene rings is 2. The molecule has 1 saturated heterocycles. The summed E-state index contributed by atoms with van der Waals surface area (Å²) in [5, 5.41) is 0. The van der Waals surface area contributed by atoms with Crippen molar-refractivity contribution in [2.24, 2.45) is 0 Å². The van der Waals surface area contributed by atoms with Gasteiger partial charge in [0.15, 0.2) is 17.1 Å². The molecule has 1 amide bonds. The van der Waals surface area contributed by atoms with Gasteiger partial charge in [-0.15, -0.1) is 0 Å². The summed E-state index contributed by atoms with van der Waals surface area (Å²) in [5.41, 5.74) is 2.20. The molecule has 0 atom stereocenters. The van der Waals surface area contributed by atoms with Crippen molar-refractivity contribution in [1.29, 1.82) is 0 Å². The maximum Gasteiger partial charge on any atom is 0.419 e. The second-order valence-electron chi connectivity index (χ2n) is 7.72. The average Bonchev–Trinajstić information content (AvgIpc) is 3.09. The molecule has 0 spiro atoms. The number of carbonyl (C=O) groups is 1. The number of oxazole rings is 1. The first kappa shape index (κ1) is 21.1. The number of hydrogen-bond acceptors (Lipinski definition) is 5. The van der Waals surface area contributed by atoms with Gasteiger partial charge in [-0.1, -0.05) is 18.2 Å². The van der Waals surface area contributed by atoms with Crippen LogP contribution in [0, 0.1) is 5.82 Å². The summed E-state index contributed by atoms with van der Waals surface area (Å²) in [7, 11) is 1.45. The van der Waals surface area contributed by atoms with E-state index < -0.39 is 5.76 Å². The summed E-state index contributed by atoms with van der Waals surface area (Å²) in [6.45, 7) is 3.86. The molecule has 2 heterocycles. The summed E-state index contributed by atoms with van der Waals surface area (Å²) in [6, 6.07) is 12.3. The van der Waals surface area contributed by atoms with E-state index in [1.165, 1.54) is 13.2 Å². The number of rotatable bonds is 7. The van der Waals surface area contributed by atoms with Crippen molar-refractivity contribution in [3.05, 3.63) is 64.4 Å². The van der Waals surface area contributed by atoms with E-state index in [4.69, 9.17) is 9.15 Å². The number of fused-ring (bicyclic) bond motifs is 1. The molecule has 2 aromatic carbocycles. The maximum atomic E-state index is 13.9. The summed E-state index contributed by atoms with van der Waals surface area (Å²) in [5.74, 6) is -0.420. The normalized spacial score (nSPS) is 14.8. The van der Waals surface area contributed by atoms with Gasteiger partial charge in [0.25, 0.3) is 0 Å². The third-order valence-corrected chi connectivity index (χ3v) is 5.69. The smallest absolute Gasteiger partial charge is 0.419 e. The van der Waals surface area contributed by atoms with Crippen molar-refractivity contribution >= 4 is 17.0 Å². The Hall–Kier alpha value is -3.13. The van der Waals surface area contributed by atoms with Gasteiger partial charge in [-0.25, -0.2) is 9.18 Å². The minimum absolute atomic E-state index is 0.0935. The Kier molecular flexibility index (Phi) is 6.36. The topological polar surface area (TPSA) is 67.9 Å². The number of piperazine rings is 1. The Morgan fingerprint density at radius 1 is 1.13 bits per heavy atom. The number of aryl methyl sites for hydroxylation is 1. The van der Waals surface area contributed by atoms with E-state index in [1.807, 2.05) is 29.2 Å². The monoisotopic (exact) mass is 427 g/mol. The van der Waals surface area contributed by atoms with Crippen LogP contribution < -0.4 is 10.5 Å². The van der Waals surface area contributed by atoms with Gasteiger partial charge in [0.2, 0.25) is 5.91 Å². The van der Waals surface area contributed by atoms with E-state index in [-0.39, 0.29) is 17.5 Å². The van der Waals surface area contributed by atoms with E-state index in [9.17, 15) is 14.0 Å². The Morgan fingerprint density at radius 3 is 2.65 bits per heavy atom. The van der Waals surface area contributed by atoms with Gasteiger partial charge in [0.1, 0.15) is 0 Å². The Balaban J connectivity index is 1.24. The van der Waals surface area contributed by atoms with E-state index in [0.717, 1.165) is 24.2 Å². The number of hydrogen-bond donors (Lipinski definition) is 0. The van der Waals surface area contributed by atoms with Gasteiger partial charge in [0.05, 0.1) is 12.6 Å². The molecule has 3 aromatic rings. The molecule has 31 heavy (non-hydrogen) atoms. The van der Waals surface area contributed by atoms with Gasteiger partial charge in [-0.2, -0.15) is 0 Å². The molecule has 4 rings (SSSR count). The lowest BCUT2D eigenvalue weighted by molar-refractivity contribution is -0.133. The molecule has 1 aliphatic rings. The van der Waals surface area contributed by atoms with Crippen LogP contribution in [-0.4, -0.2) is 53.6 Å². The first-order chi connectivity index (χ1) is 15.0. The Labute approximate surface area is 179 Å². The Bertz CT molecular complexity index is 1120. The van der Waals surface area contributed by atoms with Crippen LogP contribution in [0.3, 0.4) is 0 Å². The van der Waals surface area contributed by atoms with Crippen molar-refractivity contribution in [1.82, 2.24) is 14.4 Å². The number of halogens is 1. The first-order valence-corrected chi connectivity index (χ1v) is 10.5. The van der Waals surface area contributed by atoms with Gasteiger partial charge < -0.3 is 14.1 Å². The Morgan fingerprint density at radius 2 is 1.90 bits per heavy atom. The van der Waals surface area contributed by atoms with Crippen molar-refractivity contribution < 1.29 is 18.3 Å². The number of methoxy groups -OCH3 is 1. The molecule has 0 N–H and O–H groups in total. The highest BCUT2D eigenvalue weighted by molar-refractivity contribution is 5.76. The molecule has 7 nitrogen and oxygen atoms in total. The fourth-order valence-electron chi connectivity index (χ4n) is 3.99. The second kappa shape index (κ2) is 9.34. The van der Waals surface area contributed by atoms with Crippen LogP contribution >= 0.6 is 0 Å². The zero-order chi connectivity index (χ0) is 21.8. The standard InChI is InChI=1S/C23H26FN3O4/c1-30-20-9-8-17(15-18(20)24)16-25-11-13-26(14-12-25)22(28)7-4-10-27-19-5-2-3-6-21(19)31-23(27)29/h2-3,5-6,8-9,15H,4,7,10-14,16H2,1H3. The van der Waals surface area contributed by atoms with Gasteiger partial charge in [0, 0.05) is 45.7 Å². The summed E-state index contributed by atoms with van der Waals surface area (Å²) < 4.78 is 25.6. The number of ether oxygens (including phenoxy) is 1. The van der Waals surface area contributed by atoms with Crippen LogP contribution in [0.5, 0.6) is 5.75 Å². The van der Waals surface area contributed by atoms with Crippen LogP contribution in [0.15, 0.2) is 51.7 Å². The SMILES string of the molecule is COc1ccc(CN2CCN(C(=O)CCCn3c(=O)oc4ccccc43)CC2)cc1F. The molecule has 1 fully saturated rings. The zero-order valence-corrected chi connectivity index (χ0v) is 17.6. The lowest BCUT2D eigenvalue weighted by Crippen LogP contribution is -2.48. The lowest BCUT2D eigenvalue weighted by atomic mass is 10.1. The van der Waals surface area contributed by atoms with Crippen molar-refractivity contribution in [2.45, 2.75) is 25.9 Å². The number of aromatic nitrogens is 1. The predicted molar refractivity (Wildman–Crippen MR) is 115 cm³/mol. The molecule has 0 aliphatic carbocycles. The highest BCUT2D eigenvalue weighted by Crippen LogP contribution is 2.19. The molecular weight excluding hydrogens is 401 g/mol. The quantitative estimate of drug-likeness (QED) is 0.580. The number of nitrogens with zero attached hydrogens (tertiary/aromatic N) is 3.